The summed E-state index contributed by atoms with van der Waals surface area (Å²) in [6.07, 6.45) is 8.63. The van der Waals surface area contributed by atoms with Crippen molar-refractivity contribution >= 4 is 0 Å². The Hall–Kier alpha value is -0.300. The molecule has 80 valence electrons. The van der Waals surface area contributed by atoms with Gasteiger partial charge >= 0.3 is 0 Å². The van der Waals surface area contributed by atoms with Crippen LogP contribution in [0.25, 0.3) is 0 Å². The Bertz CT molecular complexity index is 244. The molecule has 1 fully saturated rings. The van der Waals surface area contributed by atoms with E-state index in [1.54, 1.807) is 5.57 Å². The van der Waals surface area contributed by atoms with Crippen LogP contribution in [0.3, 0.4) is 0 Å². The average Bonchev–Trinajstić information content (AvgIpc) is 2.18. The van der Waals surface area contributed by atoms with Gasteiger partial charge in [-0.2, -0.15) is 0 Å². The lowest BCUT2D eigenvalue weighted by Crippen LogP contribution is -2.50. The highest BCUT2D eigenvalue weighted by atomic mass is 16.2. The van der Waals surface area contributed by atoms with Crippen molar-refractivity contribution in [1.82, 2.24) is 0 Å². The monoisotopic (exact) mass is 194 g/mol. The first-order chi connectivity index (χ1) is 6.72. The third-order valence-corrected chi connectivity index (χ3v) is 4.55. The molecule has 1 heteroatoms. The molecule has 1 saturated carbocycles. The Balaban J connectivity index is 2.09. The summed E-state index contributed by atoms with van der Waals surface area (Å²) in [4.78, 5) is 0. The summed E-state index contributed by atoms with van der Waals surface area (Å²) in [5, 5.41) is 9.01. The van der Waals surface area contributed by atoms with Crippen LogP contribution in [-0.4, -0.2) is 11.7 Å². The first-order valence-electron chi connectivity index (χ1n) is 6.02. The maximum absolute atomic E-state index is 9.01. The number of aliphatic hydroxyl groups is 1. The molecule has 0 aromatic carbocycles. The zero-order valence-electron chi connectivity index (χ0n) is 9.42. The summed E-state index contributed by atoms with van der Waals surface area (Å²) >= 11 is 0. The van der Waals surface area contributed by atoms with Gasteiger partial charge in [-0.05, 0) is 42.9 Å². The molecule has 0 heterocycles. The second kappa shape index (κ2) is 3.69. The van der Waals surface area contributed by atoms with Gasteiger partial charge in [-0.3, -0.25) is 0 Å². The smallest absolute Gasteiger partial charge is 0.0468 e. The molecule has 1 N–H and O–H groups in total. The number of hydrogen-bond donors (Lipinski definition) is 1. The molecule has 0 amide bonds. The third kappa shape index (κ3) is 1.33. The topological polar surface area (TPSA) is 20.2 Å². The van der Waals surface area contributed by atoms with Crippen LogP contribution in [-0.2, 0) is 0 Å². The fraction of sp³-hybridized carbons (Fsp3) is 0.846. The first kappa shape index (κ1) is 10.2. The van der Waals surface area contributed by atoms with Gasteiger partial charge in [0.2, 0.25) is 0 Å². The lowest BCUT2D eigenvalue weighted by Gasteiger charge is -2.58. The van der Waals surface area contributed by atoms with Gasteiger partial charge < -0.3 is 5.11 Å². The fourth-order valence-electron chi connectivity index (χ4n) is 3.65. The zero-order valence-corrected chi connectivity index (χ0v) is 9.42. The summed E-state index contributed by atoms with van der Waals surface area (Å²) in [5.74, 6) is 1.74. The molecule has 1 nitrogen and oxygen atoms in total. The highest BCUT2D eigenvalue weighted by molar-refractivity contribution is 5.23. The summed E-state index contributed by atoms with van der Waals surface area (Å²) < 4.78 is 0. The van der Waals surface area contributed by atoms with E-state index < -0.39 is 0 Å². The molecule has 3 atom stereocenters. The van der Waals surface area contributed by atoms with E-state index in [1.165, 1.54) is 25.7 Å². The number of rotatable bonds is 4. The standard InChI is InChI=1S/C13H22O/c1-3-7-13(2)11-5-4-10(6-8-14)12(13)9-11/h4,11-12,14H,3,5-9H2,1-2H3. The van der Waals surface area contributed by atoms with Crippen LogP contribution in [0.15, 0.2) is 11.6 Å². The molecule has 3 rings (SSSR count). The molecule has 14 heavy (non-hydrogen) atoms. The van der Waals surface area contributed by atoms with Gasteiger partial charge in [0.25, 0.3) is 0 Å². The highest BCUT2D eigenvalue weighted by Crippen LogP contribution is 2.62. The van der Waals surface area contributed by atoms with Crippen LogP contribution in [0.5, 0.6) is 0 Å². The Labute approximate surface area is 87.2 Å². The Morgan fingerprint density at radius 3 is 2.93 bits per heavy atom. The zero-order chi connectivity index (χ0) is 10.2. The molecule has 0 aromatic rings. The molecular weight excluding hydrogens is 172 g/mol. The molecule has 0 saturated heterocycles. The lowest BCUT2D eigenvalue weighted by molar-refractivity contribution is -0.0357. The molecule has 0 aliphatic heterocycles. The average molecular weight is 194 g/mol. The van der Waals surface area contributed by atoms with Crippen LogP contribution in [0.4, 0.5) is 0 Å². The predicted molar refractivity (Wildman–Crippen MR) is 59.0 cm³/mol. The van der Waals surface area contributed by atoms with Gasteiger partial charge in [-0.1, -0.05) is 31.9 Å². The van der Waals surface area contributed by atoms with Crippen LogP contribution < -0.4 is 0 Å². The third-order valence-electron chi connectivity index (χ3n) is 4.55. The van der Waals surface area contributed by atoms with Gasteiger partial charge in [0.1, 0.15) is 0 Å². The van der Waals surface area contributed by atoms with Crippen molar-refractivity contribution in [2.45, 2.75) is 46.0 Å². The first-order valence-corrected chi connectivity index (χ1v) is 6.02. The van der Waals surface area contributed by atoms with Crippen molar-refractivity contribution in [3.05, 3.63) is 11.6 Å². The van der Waals surface area contributed by atoms with E-state index in [2.05, 4.69) is 19.9 Å². The quantitative estimate of drug-likeness (QED) is 0.682. The van der Waals surface area contributed by atoms with Crippen LogP contribution in [0.1, 0.15) is 46.0 Å². The minimum absolute atomic E-state index is 0.329. The van der Waals surface area contributed by atoms with Crippen LogP contribution in [0, 0.1) is 17.3 Å². The van der Waals surface area contributed by atoms with Crippen molar-refractivity contribution in [3.63, 3.8) is 0 Å². The van der Waals surface area contributed by atoms with Gasteiger partial charge in [0.15, 0.2) is 0 Å². The molecule has 3 unspecified atom stereocenters. The number of fused-ring (bicyclic) bond motifs is 1. The van der Waals surface area contributed by atoms with Crippen molar-refractivity contribution in [2.75, 3.05) is 6.61 Å². The van der Waals surface area contributed by atoms with Crippen molar-refractivity contribution in [3.8, 4) is 0 Å². The van der Waals surface area contributed by atoms with Crippen LogP contribution in [0.2, 0.25) is 0 Å². The molecule has 3 aliphatic rings. The summed E-state index contributed by atoms with van der Waals surface area (Å²) in [5.41, 5.74) is 2.12. The van der Waals surface area contributed by atoms with E-state index in [4.69, 9.17) is 5.11 Å². The highest BCUT2D eigenvalue weighted by Gasteiger charge is 2.52. The van der Waals surface area contributed by atoms with E-state index in [0.717, 1.165) is 18.3 Å². The maximum atomic E-state index is 9.01. The fourth-order valence-corrected chi connectivity index (χ4v) is 3.65. The van der Waals surface area contributed by atoms with Gasteiger partial charge in [0.05, 0.1) is 0 Å². The van der Waals surface area contributed by atoms with Gasteiger partial charge in [-0.15, -0.1) is 0 Å². The SMILES string of the molecule is CCCC1(C)C2CC=C(CCO)C1C2. The second-order valence-corrected chi connectivity index (χ2v) is 5.23. The van der Waals surface area contributed by atoms with Crippen LogP contribution >= 0.6 is 0 Å². The predicted octanol–water partition coefficient (Wildman–Crippen LogP) is 3.14. The lowest BCUT2D eigenvalue weighted by atomic mass is 9.46. The number of hydrogen-bond acceptors (Lipinski definition) is 1. The maximum Gasteiger partial charge on any atom is 0.0468 e. The Morgan fingerprint density at radius 1 is 1.57 bits per heavy atom. The second-order valence-electron chi connectivity index (χ2n) is 5.23. The summed E-state index contributed by atoms with van der Waals surface area (Å²) in [6, 6.07) is 0. The normalized spacial score (nSPS) is 40.4. The minimum Gasteiger partial charge on any atom is -0.396 e. The Kier molecular flexibility index (Phi) is 2.70. The van der Waals surface area contributed by atoms with E-state index >= 15 is 0 Å². The van der Waals surface area contributed by atoms with Crippen molar-refractivity contribution < 1.29 is 5.11 Å². The molecule has 0 spiro atoms. The van der Waals surface area contributed by atoms with Crippen molar-refractivity contribution in [2.24, 2.45) is 17.3 Å². The van der Waals surface area contributed by atoms with E-state index in [0.29, 0.717) is 12.0 Å². The molecule has 3 aliphatic carbocycles. The van der Waals surface area contributed by atoms with E-state index in [9.17, 15) is 0 Å². The Morgan fingerprint density at radius 2 is 2.36 bits per heavy atom. The molecule has 0 aromatic heterocycles. The number of aliphatic hydroxyl groups excluding tert-OH is 1. The molecular formula is C13H22O. The van der Waals surface area contributed by atoms with Gasteiger partial charge in [-0.25, -0.2) is 0 Å². The van der Waals surface area contributed by atoms with Gasteiger partial charge in [0, 0.05) is 6.61 Å². The number of allylic oxidation sites excluding steroid dienone is 1. The molecule has 2 bridgehead atoms. The van der Waals surface area contributed by atoms with Crippen molar-refractivity contribution in [1.29, 1.82) is 0 Å². The largest absolute Gasteiger partial charge is 0.396 e. The summed E-state index contributed by atoms with van der Waals surface area (Å²) in [6.45, 7) is 5.07. The van der Waals surface area contributed by atoms with E-state index in [1.807, 2.05) is 0 Å². The van der Waals surface area contributed by atoms with E-state index in [-0.39, 0.29) is 0 Å². The molecule has 0 radical (unpaired) electrons. The summed E-state index contributed by atoms with van der Waals surface area (Å²) in [7, 11) is 0. The minimum atomic E-state index is 0.329.